The van der Waals surface area contributed by atoms with Gasteiger partial charge in [0.2, 0.25) is 10.0 Å². The molecule has 3 aromatic rings. The fourth-order valence-corrected chi connectivity index (χ4v) is 4.94. The number of rotatable bonds is 4. The number of benzene rings is 2. The average Bonchev–Trinajstić information content (AvgIpc) is 3.24. The molecule has 1 saturated heterocycles. The van der Waals surface area contributed by atoms with Crippen molar-refractivity contribution in [3.8, 4) is 0 Å². The number of anilines is 1. The third kappa shape index (κ3) is 3.91. The summed E-state index contributed by atoms with van der Waals surface area (Å²) in [5.41, 5.74) is -0.257. The number of hydrogen-bond acceptors (Lipinski definition) is 5. The van der Waals surface area contributed by atoms with Gasteiger partial charge in [0.25, 0.3) is 5.91 Å². The van der Waals surface area contributed by atoms with Crippen molar-refractivity contribution in [2.24, 2.45) is 0 Å². The number of halogens is 1. The zero-order valence-electron chi connectivity index (χ0n) is 15.2. The molecule has 0 bridgehead atoms. The first-order valence-electron chi connectivity index (χ1n) is 8.99. The van der Waals surface area contributed by atoms with Crippen molar-refractivity contribution in [2.45, 2.75) is 17.7 Å². The second-order valence-electron chi connectivity index (χ2n) is 6.72. The van der Waals surface area contributed by atoms with Gasteiger partial charge in [-0.1, -0.05) is 11.6 Å². The third-order valence-corrected chi connectivity index (χ3v) is 6.90. The summed E-state index contributed by atoms with van der Waals surface area (Å²) in [5.74, 6) is -0.657. The molecule has 7 nitrogen and oxygen atoms in total. The number of sulfonamides is 1. The lowest BCUT2D eigenvalue weighted by atomic mass is 10.1. The minimum absolute atomic E-state index is 0.164. The van der Waals surface area contributed by atoms with E-state index in [0.29, 0.717) is 34.8 Å². The maximum Gasteiger partial charge on any atom is 0.349 e. The molecule has 4 rings (SSSR count). The first-order chi connectivity index (χ1) is 13.8. The highest BCUT2D eigenvalue weighted by molar-refractivity contribution is 7.89. The van der Waals surface area contributed by atoms with Crippen LogP contribution in [0.1, 0.15) is 23.2 Å². The van der Waals surface area contributed by atoms with E-state index in [1.807, 2.05) is 0 Å². The molecule has 0 radical (unpaired) electrons. The molecule has 0 aliphatic carbocycles. The van der Waals surface area contributed by atoms with Crippen LogP contribution in [0.3, 0.4) is 0 Å². The molecule has 1 amide bonds. The zero-order chi connectivity index (χ0) is 20.6. The van der Waals surface area contributed by atoms with Gasteiger partial charge < -0.3 is 9.73 Å². The Morgan fingerprint density at radius 2 is 1.72 bits per heavy atom. The maximum absolute atomic E-state index is 12.6. The van der Waals surface area contributed by atoms with E-state index in [1.54, 1.807) is 18.2 Å². The molecule has 9 heteroatoms. The van der Waals surface area contributed by atoms with Gasteiger partial charge in [0.15, 0.2) is 0 Å². The first kappa shape index (κ1) is 19.6. The van der Waals surface area contributed by atoms with Gasteiger partial charge >= 0.3 is 5.63 Å². The molecule has 1 aliphatic heterocycles. The van der Waals surface area contributed by atoms with Gasteiger partial charge in [0, 0.05) is 29.2 Å². The molecule has 0 spiro atoms. The monoisotopic (exact) mass is 432 g/mol. The van der Waals surface area contributed by atoms with Gasteiger partial charge in [0.1, 0.15) is 11.1 Å². The fourth-order valence-electron chi connectivity index (χ4n) is 3.24. The van der Waals surface area contributed by atoms with E-state index < -0.39 is 21.6 Å². The van der Waals surface area contributed by atoms with Crippen LogP contribution in [0.4, 0.5) is 5.69 Å². The lowest BCUT2D eigenvalue weighted by Gasteiger charge is -2.15. The maximum atomic E-state index is 12.6. The number of nitrogens with zero attached hydrogens (tertiary/aromatic N) is 1. The average molecular weight is 433 g/mol. The van der Waals surface area contributed by atoms with Gasteiger partial charge in [-0.2, -0.15) is 4.31 Å². The van der Waals surface area contributed by atoms with Crippen molar-refractivity contribution in [2.75, 3.05) is 18.4 Å². The Labute approximate surface area is 171 Å². The summed E-state index contributed by atoms with van der Waals surface area (Å²) >= 11 is 5.95. The highest BCUT2D eigenvalue weighted by atomic mass is 35.5. The van der Waals surface area contributed by atoms with Crippen LogP contribution in [0.5, 0.6) is 0 Å². The predicted molar refractivity (Wildman–Crippen MR) is 110 cm³/mol. The molecule has 2 aromatic carbocycles. The highest BCUT2D eigenvalue weighted by Gasteiger charge is 2.27. The minimum atomic E-state index is -3.53. The largest absolute Gasteiger partial charge is 0.422 e. The van der Waals surface area contributed by atoms with Crippen LogP contribution in [0.15, 0.2) is 62.6 Å². The number of carbonyl (C=O) groups is 1. The minimum Gasteiger partial charge on any atom is -0.422 e. The summed E-state index contributed by atoms with van der Waals surface area (Å²) in [7, 11) is -3.53. The van der Waals surface area contributed by atoms with Crippen molar-refractivity contribution in [3.63, 3.8) is 0 Å². The summed E-state index contributed by atoms with van der Waals surface area (Å²) in [6.07, 6.45) is 1.71. The van der Waals surface area contributed by atoms with Crippen LogP contribution in [0, 0.1) is 0 Å². The van der Waals surface area contributed by atoms with E-state index in [1.165, 1.54) is 34.6 Å². The fraction of sp³-hybridized carbons (Fsp3) is 0.200. The van der Waals surface area contributed by atoms with Crippen molar-refractivity contribution in [1.82, 2.24) is 4.31 Å². The van der Waals surface area contributed by atoms with Crippen LogP contribution in [0.2, 0.25) is 5.02 Å². The van der Waals surface area contributed by atoms with Crippen LogP contribution in [-0.2, 0) is 10.0 Å². The van der Waals surface area contributed by atoms with Crippen LogP contribution in [-0.4, -0.2) is 31.7 Å². The lowest BCUT2D eigenvalue weighted by molar-refractivity contribution is 0.102. The van der Waals surface area contributed by atoms with E-state index in [9.17, 15) is 18.0 Å². The first-order valence-corrected chi connectivity index (χ1v) is 10.8. The van der Waals surface area contributed by atoms with Gasteiger partial charge in [0.05, 0.1) is 4.90 Å². The molecule has 29 heavy (non-hydrogen) atoms. The van der Waals surface area contributed by atoms with Gasteiger partial charge in [-0.15, -0.1) is 0 Å². The second kappa shape index (κ2) is 7.62. The number of fused-ring (bicyclic) bond motifs is 1. The summed E-state index contributed by atoms with van der Waals surface area (Å²) in [6, 6.07) is 12.0. The van der Waals surface area contributed by atoms with Gasteiger partial charge in [-0.25, -0.2) is 13.2 Å². The highest BCUT2D eigenvalue weighted by Crippen LogP contribution is 2.23. The topological polar surface area (TPSA) is 96.7 Å². The summed E-state index contributed by atoms with van der Waals surface area (Å²) in [4.78, 5) is 24.8. The smallest absolute Gasteiger partial charge is 0.349 e. The van der Waals surface area contributed by atoms with Crippen molar-refractivity contribution >= 4 is 44.2 Å². The second-order valence-corrected chi connectivity index (χ2v) is 9.09. The number of nitrogens with one attached hydrogen (secondary N) is 1. The molecule has 1 fully saturated rings. The molecule has 1 aromatic heterocycles. The van der Waals surface area contributed by atoms with E-state index in [-0.39, 0.29) is 10.5 Å². The molecule has 150 valence electrons. The lowest BCUT2D eigenvalue weighted by Crippen LogP contribution is -2.27. The molecule has 2 heterocycles. The van der Waals surface area contributed by atoms with Crippen molar-refractivity contribution in [3.05, 3.63) is 69.5 Å². The molecule has 1 N–H and O–H groups in total. The molecule has 0 unspecified atom stereocenters. The summed E-state index contributed by atoms with van der Waals surface area (Å²) < 4.78 is 31.7. The quantitative estimate of drug-likeness (QED) is 0.636. The van der Waals surface area contributed by atoms with Crippen LogP contribution in [0.25, 0.3) is 11.0 Å². The number of amides is 1. The van der Waals surface area contributed by atoms with Crippen LogP contribution >= 0.6 is 11.6 Å². The standard InChI is InChI=1S/C20H17ClN2O5S/c21-14-3-8-18-13(11-14)12-17(20(25)28-18)19(24)22-15-4-6-16(7-5-15)29(26,27)23-9-1-2-10-23/h3-8,11-12H,1-2,9-10H2,(H,22,24). The Bertz CT molecular complexity index is 1250. The Hall–Kier alpha value is -2.68. The Morgan fingerprint density at radius 3 is 2.41 bits per heavy atom. The summed E-state index contributed by atoms with van der Waals surface area (Å²) in [6.45, 7) is 1.03. The molecule has 0 atom stereocenters. The number of hydrogen-bond donors (Lipinski definition) is 1. The zero-order valence-corrected chi connectivity index (χ0v) is 16.8. The molecule has 1 aliphatic rings. The SMILES string of the molecule is O=C(Nc1ccc(S(=O)(=O)N2CCCC2)cc1)c1cc2cc(Cl)ccc2oc1=O. The van der Waals surface area contributed by atoms with Crippen molar-refractivity contribution in [1.29, 1.82) is 0 Å². The molecular weight excluding hydrogens is 416 g/mol. The normalized spacial score (nSPS) is 14.9. The van der Waals surface area contributed by atoms with E-state index in [2.05, 4.69) is 5.32 Å². The van der Waals surface area contributed by atoms with Gasteiger partial charge in [-0.3, -0.25) is 4.79 Å². The van der Waals surface area contributed by atoms with E-state index in [0.717, 1.165) is 12.8 Å². The predicted octanol–water partition coefficient (Wildman–Crippen LogP) is 3.48. The van der Waals surface area contributed by atoms with Crippen LogP contribution < -0.4 is 10.9 Å². The molecular formula is C20H17ClN2O5S. The van der Waals surface area contributed by atoms with Crippen molar-refractivity contribution < 1.29 is 17.6 Å². The Morgan fingerprint density at radius 1 is 1.03 bits per heavy atom. The Kier molecular flexibility index (Phi) is 5.16. The third-order valence-electron chi connectivity index (χ3n) is 4.75. The number of carbonyl (C=O) groups excluding carboxylic acids is 1. The van der Waals surface area contributed by atoms with Gasteiger partial charge in [-0.05, 0) is 61.4 Å². The van der Waals surface area contributed by atoms with E-state index >= 15 is 0 Å². The summed E-state index contributed by atoms with van der Waals surface area (Å²) in [5, 5.41) is 3.56. The van der Waals surface area contributed by atoms with E-state index in [4.69, 9.17) is 16.0 Å². The Balaban J connectivity index is 1.56. The molecule has 0 saturated carbocycles.